The van der Waals surface area contributed by atoms with E-state index in [-0.39, 0.29) is 4.90 Å². The van der Waals surface area contributed by atoms with Gasteiger partial charge in [-0.1, -0.05) is 12.8 Å². The Kier molecular flexibility index (Phi) is 4.11. The van der Waals surface area contributed by atoms with E-state index in [0.717, 1.165) is 25.7 Å². The number of H-pyrrole nitrogens is 2. The molecule has 1 aromatic carbocycles. The Labute approximate surface area is 133 Å². The predicted octanol–water partition coefficient (Wildman–Crippen LogP) is 1.09. The van der Waals surface area contributed by atoms with E-state index in [0.29, 0.717) is 29.7 Å². The molecule has 1 saturated heterocycles. The van der Waals surface area contributed by atoms with Gasteiger partial charge in [-0.3, -0.25) is 9.59 Å². The zero-order valence-corrected chi connectivity index (χ0v) is 13.7. The lowest BCUT2D eigenvalue weighted by Crippen LogP contribution is -2.33. The first-order valence-corrected chi connectivity index (χ1v) is 9.11. The summed E-state index contributed by atoms with van der Waals surface area (Å²) in [7, 11) is -3.61. The fourth-order valence-corrected chi connectivity index (χ4v) is 4.70. The molecule has 0 radical (unpaired) electrons. The zero-order valence-electron chi connectivity index (χ0n) is 12.9. The van der Waals surface area contributed by atoms with Gasteiger partial charge >= 0.3 is 11.1 Å². The molecule has 3 rings (SSSR count). The van der Waals surface area contributed by atoms with Gasteiger partial charge in [0, 0.05) is 13.1 Å². The van der Waals surface area contributed by atoms with Gasteiger partial charge in [0.2, 0.25) is 10.0 Å². The van der Waals surface area contributed by atoms with Crippen LogP contribution in [0.25, 0.3) is 11.0 Å². The summed E-state index contributed by atoms with van der Waals surface area (Å²) in [6, 6.07) is 3.01. The second kappa shape index (κ2) is 5.93. The number of nitrogens with zero attached hydrogens (tertiary/aromatic N) is 1. The van der Waals surface area contributed by atoms with Crippen LogP contribution in [-0.2, 0) is 10.0 Å². The fourth-order valence-electron chi connectivity index (χ4n) is 2.95. The molecule has 8 heteroatoms. The molecule has 7 nitrogen and oxygen atoms in total. The molecule has 2 aromatic rings. The molecule has 0 amide bonds. The van der Waals surface area contributed by atoms with E-state index in [1.165, 1.54) is 10.4 Å². The van der Waals surface area contributed by atoms with E-state index in [9.17, 15) is 18.0 Å². The van der Waals surface area contributed by atoms with Crippen LogP contribution in [0.4, 0.5) is 0 Å². The number of benzene rings is 1. The lowest BCUT2D eigenvalue weighted by atomic mass is 10.2. The third-order valence-corrected chi connectivity index (χ3v) is 6.24. The normalized spacial score (nSPS) is 17.3. The van der Waals surface area contributed by atoms with E-state index < -0.39 is 21.1 Å². The van der Waals surface area contributed by atoms with Crippen LogP contribution in [0.3, 0.4) is 0 Å². The topological polar surface area (TPSA) is 103 Å². The van der Waals surface area contributed by atoms with Gasteiger partial charge in [0.25, 0.3) is 0 Å². The molecule has 0 spiro atoms. The van der Waals surface area contributed by atoms with Crippen LogP contribution in [0.15, 0.2) is 26.6 Å². The number of fused-ring (bicyclic) bond motifs is 1. The van der Waals surface area contributed by atoms with Crippen LogP contribution in [0.1, 0.15) is 31.2 Å². The highest BCUT2D eigenvalue weighted by Gasteiger charge is 2.27. The summed E-state index contributed by atoms with van der Waals surface area (Å²) in [5, 5.41) is 0. The van der Waals surface area contributed by atoms with Crippen molar-refractivity contribution in [3.05, 3.63) is 38.4 Å². The number of rotatable bonds is 2. The average molecular weight is 337 g/mol. The first kappa shape index (κ1) is 15.9. The minimum Gasteiger partial charge on any atom is -0.316 e. The molecular weight excluding hydrogens is 318 g/mol. The molecule has 1 aliphatic rings. The van der Waals surface area contributed by atoms with Crippen LogP contribution in [0.5, 0.6) is 0 Å². The number of aromatic nitrogens is 2. The molecule has 1 aromatic heterocycles. The number of nitrogens with one attached hydrogen (secondary N) is 2. The van der Waals surface area contributed by atoms with Gasteiger partial charge in [-0.25, -0.2) is 8.42 Å². The molecular formula is C15H19N3O4S. The summed E-state index contributed by atoms with van der Waals surface area (Å²) in [5.74, 6) is 0. The lowest BCUT2D eigenvalue weighted by molar-refractivity contribution is 0.423. The van der Waals surface area contributed by atoms with Crippen LogP contribution >= 0.6 is 0 Å². The first-order valence-electron chi connectivity index (χ1n) is 7.67. The summed E-state index contributed by atoms with van der Waals surface area (Å²) in [5.41, 5.74) is -0.264. The van der Waals surface area contributed by atoms with Crippen molar-refractivity contribution in [2.45, 2.75) is 37.5 Å². The molecule has 0 unspecified atom stereocenters. The number of sulfonamides is 1. The number of hydrogen-bond acceptors (Lipinski definition) is 4. The van der Waals surface area contributed by atoms with Crippen molar-refractivity contribution in [1.29, 1.82) is 0 Å². The maximum atomic E-state index is 12.9. The van der Waals surface area contributed by atoms with Gasteiger partial charge in [-0.2, -0.15) is 4.31 Å². The molecule has 1 aliphatic heterocycles. The highest BCUT2D eigenvalue weighted by Crippen LogP contribution is 2.25. The maximum Gasteiger partial charge on any atom is 0.314 e. The van der Waals surface area contributed by atoms with Gasteiger partial charge in [0.05, 0.1) is 15.9 Å². The maximum absolute atomic E-state index is 12.9. The van der Waals surface area contributed by atoms with Gasteiger partial charge < -0.3 is 9.97 Å². The molecule has 0 saturated carbocycles. The third-order valence-electron chi connectivity index (χ3n) is 4.20. The van der Waals surface area contributed by atoms with Crippen molar-refractivity contribution in [3.63, 3.8) is 0 Å². The Morgan fingerprint density at radius 2 is 1.43 bits per heavy atom. The van der Waals surface area contributed by atoms with Gasteiger partial charge in [0.15, 0.2) is 0 Å². The summed E-state index contributed by atoms with van der Waals surface area (Å²) in [4.78, 5) is 27.9. The van der Waals surface area contributed by atoms with Crippen molar-refractivity contribution in [2.24, 2.45) is 0 Å². The number of hydrogen-bond donors (Lipinski definition) is 2. The number of aromatic amines is 2. The lowest BCUT2D eigenvalue weighted by Gasteiger charge is -2.21. The van der Waals surface area contributed by atoms with Crippen molar-refractivity contribution in [1.82, 2.24) is 14.3 Å². The van der Waals surface area contributed by atoms with Crippen LogP contribution in [0.2, 0.25) is 0 Å². The van der Waals surface area contributed by atoms with E-state index >= 15 is 0 Å². The molecule has 2 heterocycles. The summed E-state index contributed by atoms with van der Waals surface area (Å²) < 4.78 is 27.3. The van der Waals surface area contributed by atoms with Gasteiger partial charge in [-0.15, -0.1) is 0 Å². The predicted molar refractivity (Wildman–Crippen MR) is 87.2 cm³/mol. The van der Waals surface area contributed by atoms with E-state index in [1.807, 2.05) is 0 Å². The Morgan fingerprint density at radius 3 is 2.00 bits per heavy atom. The largest absolute Gasteiger partial charge is 0.316 e. The second-order valence-electron chi connectivity index (χ2n) is 5.89. The fraction of sp³-hybridized carbons (Fsp3) is 0.467. The third kappa shape index (κ3) is 2.96. The van der Waals surface area contributed by atoms with Crippen molar-refractivity contribution in [2.75, 3.05) is 13.1 Å². The van der Waals surface area contributed by atoms with E-state index in [1.54, 1.807) is 13.0 Å². The molecule has 23 heavy (non-hydrogen) atoms. The summed E-state index contributed by atoms with van der Waals surface area (Å²) in [6.07, 6.45) is 3.79. The van der Waals surface area contributed by atoms with Crippen LogP contribution in [0, 0.1) is 6.92 Å². The minimum absolute atomic E-state index is 0.176. The Morgan fingerprint density at radius 1 is 0.913 bits per heavy atom. The van der Waals surface area contributed by atoms with Crippen molar-refractivity contribution < 1.29 is 8.42 Å². The molecule has 0 atom stereocenters. The second-order valence-corrected chi connectivity index (χ2v) is 7.80. The molecule has 124 valence electrons. The summed E-state index contributed by atoms with van der Waals surface area (Å²) in [6.45, 7) is 2.72. The number of aryl methyl sites for hydroxylation is 1. The standard InChI is InChI=1S/C15H19N3O4S/c1-10-8-11-12(17-15(20)14(19)16-11)9-13(10)23(21,22)18-6-4-2-3-5-7-18/h8-9H,2-7H2,1H3,(H,16,19)(H,17,20). The monoisotopic (exact) mass is 337 g/mol. The Hall–Kier alpha value is -1.93. The van der Waals surface area contributed by atoms with E-state index in [4.69, 9.17) is 0 Å². The Balaban J connectivity index is 2.14. The van der Waals surface area contributed by atoms with Gasteiger partial charge in [-0.05, 0) is 37.5 Å². The van der Waals surface area contributed by atoms with Crippen molar-refractivity contribution >= 4 is 21.1 Å². The van der Waals surface area contributed by atoms with Crippen molar-refractivity contribution in [3.8, 4) is 0 Å². The SMILES string of the molecule is Cc1cc2[nH]c(=O)c(=O)[nH]c2cc1S(=O)(=O)N1CCCCCC1. The molecule has 1 fully saturated rings. The molecule has 0 bridgehead atoms. The molecule has 0 aliphatic carbocycles. The average Bonchev–Trinajstić information content (AvgIpc) is 2.78. The first-order chi connectivity index (χ1) is 10.9. The minimum atomic E-state index is -3.61. The highest BCUT2D eigenvalue weighted by molar-refractivity contribution is 7.89. The van der Waals surface area contributed by atoms with E-state index in [2.05, 4.69) is 9.97 Å². The molecule has 2 N–H and O–H groups in total. The zero-order chi connectivity index (χ0) is 16.6. The summed E-state index contributed by atoms with van der Waals surface area (Å²) >= 11 is 0. The quantitative estimate of drug-likeness (QED) is 0.801. The highest BCUT2D eigenvalue weighted by atomic mass is 32.2. The van der Waals surface area contributed by atoms with Crippen LogP contribution in [-0.4, -0.2) is 35.8 Å². The van der Waals surface area contributed by atoms with Gasteiger partial charge in [0.1, 0.15) is 0 Å². The van der Waals surface area contributed by atoms with Crippen LogP contribution < -0.4 is 11.1 Å². The Bertz CT molecular complexity index is 951. The smallest absolute Gasteiger partial charge is 0.314 e.